The fourth-order valence-electron chi connectivity index (χ4n) is 4.27. The van der Waals surface area contributed by atoms with Crippen molar-refractivity contribution in [2.75, 3.05) is 27.2 Å². The van der Waals surface area contributed by atoms with E-state index in [1.54, 1.807) is 48.5 Å². The Morgan fingerprint density at radius 3 is 2.42 bits per heavy atom. The van der Waals surface area contributed by atoms with Crippen LogP contribution in [0.2, 0.25) is 5.02 Å². The topological polar surface area (TPSA) is 70.1 Å². The number of carbonyl (C=O) groups is 2. The van der Waals surface area contributed by atoms with E-state index in [0.717, 1.165) is 11.1 Å². The van der Waals surface area contributed by atoms with Gasteiger partial charge in [-0.05, 0) is 68.5 Å². The Hall–Kier alpha value is -3.61. The van der Waals surface area contributed by atoms with Crippen LogP contribution in [-0.4, -0.2) is 53.8 Å². The fourth-order valence-corrected chi connectivity index (χ4v) is 4.47. The number of aliphatic hydroxyl groups is 1. The molecule has 4 rings (SSSR count). The third-order valence-electron chi connectivity index (χ3n) is 6.11. The van der Waals surface area contributed by atoms with Gasteiger partial charge in [-0.1, -0.05) is 53.6 Å². The van der Waals surface area contributed by atoms with E-state index in [2.05, 4.69) is 6.07 Å². The molecule has 1 amide bonds. The van der Waals surface area contributed by atoms with Gasteiger partial charge in [0.25, 0.3) is 11.7 Å². The zero-order valence-electron chi connectivity index (χ0n) is 20.6. The quantitative estimate of drug-likeness (QED) is 0.259. The van der Waals surface area contributed by atoms with E-state index in [9.17, 15) is 14.7 Å². The van der Waals surface area contributed by atoms with Crippen LogP contribution in [0.15, 0.2) is 78.4 Å². The molecule has 1 aliphatic heterocycles. The summed E-state index contributed by atoms with van der Waals surface area (Å²) < 4.78 is 5.87. The number of likely N-dealkylation sites (N-methyl/N-ethyl adjacent to an activating group) is 1. The van der Waals surface area contributed by atoms with Gasteiger partial charge in [0.1, 0.15) is 18.1 Å². The number of amides is 1. The zero-order valence-corrected chi connectivity index (χ0v) is 21.3. The maximum absolute atomic E-state index is 13.1. The lowest BCUT2D eigenvalue weighted by Gasteiger charge is -2.26. The lowest BCUT2D eigenvalue weighted by Crippen LogP contribution is -2.35. The van der Waals surface area contributed by atoms with E-state index >= 15 is 0 Å². The number of likely N-dealkylation sites (tertiary alicyclic amines) is 1. The van der Waals surface area contributed by atoms with Crippen LogP contribution in [0.3, 0.4) is 0 Å². The first-order valence-corrected chi connectivity index (χ1v) is 12.1. The molecule has 36 heavy (non-hydrogen) atoms. The van der Waals surface area contributed by atoms with Gasteiger partial charge in [-0.2, -0.15) is 0 Å². The molecule has 1 fully saturated rings. The first-order chi connectivity index (χ1) is 17.2. The second-order valence-corrected chi connectivity index (χ2v) is 9.59. The lowest BCUT2D eigenvalue weighted by atomic mass is 9.95. The molecular formula is C29H29ClN2O4. The molecule has 0 aromatic heterocycles. The first-order valence-electron chi connectivity index (χ1n) is 11.7. The van der Waals surface area contributed by atoms with Crippen molar-refractivity contribution in [3.05, 3.63) is 106 Å². The van der Waals surface area contributed by atoms with E-state index in [4.69, 9.17) is 16.3 Å². The molecule has 0 radical (unpaired) electrons. The second kappa shape index (κ2) is 11.0. The molecule has 1 saturated heterocycles. The molecule has 186 valence electrons. The predicted molar refractivity (Wildman–Crippen MR) is 141 cm³/mol. The summed E-state index contributed by atoms with van der Waals surface area (Å²) in [5.74, 6) is -0.945. The van der Waals surface area contributed by atoms with E-state index in [1.165, 1.54) is 4.90 Å². The normalized spacial score (nSPS) is 17.1. The van der Waals surface area contributed by atoms with E-state index in [0.29, 0.717) is 41.6 Å². The van der Waals surface area contributed by atoms with Crippen LogP contribution in [0, 0.1) is 6.92 Å². The summed E-state index contributed by atoms with van der Waals surface area (Å²) in [4.78, 5) is 29.5. The number of carbonyl (C=O) groups excluding carboxylic acids is 2. The number of Topliss-reactive ketones (excluding diaryl/α,β-unsaturated/α-hetero) is 1. The van der Waals surface area contributed by atoms with Crippen molar-refractivity contribution in [1.29, 1.82) is 0 Å². The lowest BCUT2D eigenvalue weighted by molar-refractivity contribution is -0.140. The van der Waals surface area contributed by atoms with E-state index in [-0.39, 0.29) is 11.3 Å². The number of hydrogen-bond acceptors (Lipinski definition) is 5. The van der Waals surface area contributed by atoms with Gasteiger partial charge in [-0.15, -0.1) is 0 Å². The summed E-state index contributed by atoms with van der Waals surface area (Å²) in [7, 11) is 3.79. The Kier molecular flexibility index (Phi) is 7.77. The smallest absolute Gasteiger partial charge is 0.295 e. The Balaban J connectivity index is 1.64. The van der Waals surface area contributed by atoms with Crippen molar-refractivity contribution in [3.8, 4) is 5.75 Å². The number of ether oxygens (including phenoxy) is 1. The first kappa shape index (κ1) is 25.5. The van der Waals surface area contributed by atoms with Gasteiger partial charge in [0.2, 0.25) is 0 Å². The Morgan fingerprint density at radius 2 is 1.75 bits per heavy atom. The summed E-state index contributed by atoms with van der Waals surface area (Å²) in [5.41, 5.74) is 3.36. The molecule has 1 aliphatic rings. The van der Waals surface area contributed by atoms with Gasteiger partial charge in [0.15, 0.2) is 0 Å². The minimum Gasteiger partial charge on any atom is -0.507 e. The van der Waals surface area contributed by atoms with Crippen LogP contribution in [0.5, 0.6) is 5.75 Å². The molecule has 0 bridgehead atoms. The predicted octanol–water partition coefficient (Wildman–Crippen LogP) is 5.21. The van der Waals surface area contributed by atoms with Gasteiger partial charge in [0.05, 0.1) is 11.6 Å². The van der Waals surface area contributed by atoms with Gasteiger partial charge >= 0.3 is 0 Å². The molecule has 0 spiro atoms. The van der Waals surface area contributed by atoms with Crippen LogP contribution >= 0.6 is 11.6 Å². The van der Waals surface area contributed by atoms with Gasteiger partial charge in [-0.25, -0.2) is 0 Å². The SMILES string of the molecule is Cc1cccc(COc2ccc(C(O)=C3C(=O)C(=O)N(CCN(C)C)[C@H]3c3cccc(Cl)c3)cc2)c1. The van der Waals surface area contributed by atoms with E-state index < -0.39 is 17.7 Å². The average molecular weight is 505 g/mol. The van der Waals surface area contributed by atoms with Crippen molar-refractivity contribution >= 4 is 29.1 Å². The van der Waals surface area contributed by atoms with Crippen molar-refractivity contribution in [2.24, 2.45) is 0 Å². The summed E-state index contributed by atoms with van der Waals surface area (Å²) in [6.45, 7) is 3.34. The number of nitrogens with zero attached hydrogens (tertiary/aromatic N) is 2. The van der Waals surface area contributed by atoms with Crippen LogP contribution in [0.25, 0.3) is 5.76 Å². The van der Waals surface area contributed by atoms with E-state index in [1.807, 2.05) is 44.1 Å². The van der Waals surface area contributed by atoms with Gasteiger partial charge < -0.3 is 19.6 Å². The highest BCUT2D eigenvalue weighted by Crippen LogP contribution is 2.40. The summed E-state index contributed by atoms with van der Waals surface area (Å²) in [6, 6.07) is 21.2. The van der Waals surface area contributed by atoms with Crippen LogP contribution in [0.1, 0.15) is 28.3 Å². The highest BCUT2D eigenvalue weighted by Gasteiger charge is 2.45. The van der Waals surface area contributed by atoms with Gasteiger partial charge in [0, 0.05) is 23.7 Å². The van der Waals surface area contributed by atoms with Crippen LogP contribution < -0.4 is 4.74 Å². The minimum atomic E-state index is -0.735. The molecule has 1 N–H and O–H groups in total. The Bertz CT molecular complexity index is 1300. The van der Waals surface area contributed by atoms with Crippen LogP contribution in [-0.2, 0) is 16.2 Å². The third-order valence-corrected chi connectivity index (χ3v) is 6.34. The molecule has 7 heteroatoms. The second-order valence-electron chi connectivity index (χ2n) is 9.15. The molecule has 1 heterocycles. The Labute approximate surface area is 216 Å². The molecule has 1 atom stereocenters. The number of hydrogen-bond donors (Lipinski definition) is 1. The number of benzene rings is 3. The molecule has 0 aliphatic carbocycles. The van der Waals surface area contributed by atoms with Gasteiger partial charge in [-0.3, -0.25) is 9.59 Å². The summed E-state index contributed by atoms with van der Waals surface area (Å²) in [5, 5.41) is 11.7. The Morgan fingerprint density at radius 1 is 1.03 bits per heavy atom. The number of aliphatic hydroxyl groups excluding tert-OH is 1. The van der Waals surface area contributed by atoms with Crippen molar-refractivity contribution in [1.82, 2.24) is 9.80 Å². The molecule has 0 unspecified atom stereocenters. The highest BCUT2D eigenvalue weighted by atomic mass is 35.5. The monoisotopic (exact) mass is 504 g/mol. The standard InChI is InChI=1S/C29H29ClN2O4/c1-19-6-4-7-20(16-19)18-36-24-12-10-21(11-13-24)27(33)25-26(22-8-5-9-23(30)17-22)32(15-14-31(2)3)29(35)28(25)34/h4-13,16-17,26,33H,14-15,18H2,1-3H3/t26-/m0/s1. The molecule has 3 aromatic carbocycles. The minimum absolute atomic E-state index is 0.0504. The zero-order chi connectivity index (χ0) is 25.8. The number of halogens is 1. The van der Waals surface area contributed by atoms with Crippen molar-refractivity contribution in [3.63, 3.8) is 0 Å². The van der Waals surface area contributed by atoms with Crippen molar-refractivity contribution < 1.29 is 19.4 Å². The summed E-state index contributed by atoms with van der Waals surface area (Å²) >= 11 is 6.23. The molecule has 3 aromatic rings. The van der Waals surface area contributed by atoms with Crippen molar-refractivity contribution in [2.45, 2.75) is 19.6 Å². The number of aryl methyl sites for hydroxylation is 1. The maximum Gasteiger partial charge on any atom is 0.295 e. The largest absolute Gasteiger partial charge is 0.507 e. The van der Waals surface area contributed by atoms with Crippen LogP contribution in [0.4, 0.5) is 0 Å². The third kappa shape index (κ3) is 5.61. The molecule has 6 nitrogen and oxygen atoms in total. The maximum atomic E-state index is 13.1. The molecule has 0 saturated carbocycles. The highest BCUT2D eigenvalue weighted by molar-refractivity contribution is 6.46. The number of rotatable bonds is 8. The fraction of sp³-hybridized carbons (Fsp3) is 0.241. The molecular weight excluding hydrogens is 476 g/mol. The number of ketones is 1. The summed E-state index contributed by atoms with van der Waals surface area (Å²) in [6.07, 6.45) is 0. The average Bonchev–Trinajstić information content (AvgIpc) is 3.11.